The molecule has 160 valence electrons. The topological polar surface area (TPSA) is 85.8 Å². The number of hydrogen-bond donors (Lipinski definition) is 2. The second kappa shape index (κ2) is 9.43. The smallest absolute Gasteiger partial charge is 0.383 e. The summed E-state index contributed by atoms with van der Waals surface area (Å²) in [6.07, 6.45) is -3.69. The number of amides is 1. The van der Waals surface area contributed by atoms with E-state index in [4.69, 9.17) is 5.73 Å². The Morgan fingerprint density at radius 2 is 1.77 bits per heavy atom. The lowest BCUT2D eigenvalue weighted by Crippen LogP contribution is -2.13. The highest BCUT2D eigenvalue weighted by molar-refractivity contribution is 6.04. The molecule has 6 nitrogen and oxygen atoms in total. The Bertz CT molecular complexity index is 1010. The van der Waals surface area contributed by atoms with E-state index in [-0.39, 0.29) is 28.8 Å². The van der Waals surface area contributed by atoms with E-state index in [2.05, 4.69) is 15.4 Å². The highest BCUT2D eigenvalue weighted by Gasteiger charge is 2.35. The predicted octanol–water partition coefficient (Wildman–Crippen LogP) is 4.92. The normalized spacial score (nSPS) is 10.9. The highest BCUT2D eigenvalue weighted by atomic mass is 19.4. The number of nitrogen functional groups attached to an aromatic ring is 1. The van der Waals surface area contributed by atoms with Gasteiger partial charge in [-0.25, -0.2) is 4.98 Å². The summed E-state index contributed by atoms with van der Waals surface area (Å²) in [5, 5.41) is 6.09. The summed E-state index contributed by atoms with van der Waals surface area (Å²) < 4.78 is 39.6. The van der Waals surface area contributed by atoms with Crippen LogP contribution in [0, 0.1) is 0 Å². The molecule has 3 rings (SSSR count). The minimum atomic E-state index is -4.56. The van der Waals surface area contributed by atoms with Gasteiger partial charge in [0.05, 0.1) is 5.69 Å². The minimum absolute atomic E-state index is 0.0177. The second-order valence-electron chi connectivity index (χ2n) is 6.17. The van der Waals surface area contributed by atoms with E-state index in [0.717, 1.165) is 22.7 Å². The number of aryl methyl sites for hydroxylation is 2. The molecule has 0 saturated carbocycles. The maximum atomic E-state index is 12.8. The van der Waals surface area contributed by atoms with E-state index in [1.54, 1.807) is 12.1 Å². The lowest BCUT2D eigenvalue weighted by atomic mass is 10.1. The Morgan fingerprint density at radius 3 is 2.27 bits per heavy atom. The molecule has 0 saturated heterocycles. The molecule has 1 amide bonds. The third-order valence-electron chi connectivity index (χ3n) is 4.24. The largest absolute Gasteiger partial charge is 0.435 e. The first kappa shape index (κ1) is 22.9. The SMILES string of the molecule is CC.CCc1ccc(C(=O)Nc2ccc(-c3cc(C(F)(F)F)nn3C)c(N)n2)cc1. The van der Waals surface area contributed by atoms with Gasteiger partial charge in [-0.2, -0.15) is 18.3 Å². The monoisotopic (exact) mass is 419 g/mol. The molecule has 30 heavy (non-hydrogen) atoms. The summed E-state index contributed by atoms with van der Waals surface area (Å²) in [6, 6.07) is 11.0. The highest BCUT2D eigenvalue weighted by Crippen LogP contribution is 2.33. The average Bonchev–Trinajstić information content (AvgIpc) is 3.11. The van der Waals surface area contributed by atoms with Gasteiger partial charge in [-0.1, -0.05) is 32.9 Å². The molecule has 0 atom stereocenters. The van der Waals surface area contributed by atoms with E-state index in [9.17, 15) is 18.0 Å². The number of alkyl halides is 3. The summed E-state index contributed by atoms with van der Waals surface area (Å²) in [6.45, 7) is 6.02. The van der Waals surface area contributed by atoms with E-state index in [0.29, 0.717) is 5.56 Å². The molecule has 1 aromatic carbocycles. The zero-order chi connectivity index (χ0) is 22.5. The Kier molecular flexibility index (Phi) is 7.20. The van der Waals surface area contributed by atoms with Crippen molar-refractivity contribution in [1.29, 1.82) is 0 Å². The van der Waals surface area contributed by atoms with Crippen molar-refractivity contribution < 1.29 is 18.0 Å². The number of nitrogens with two attached hydrogens (primary N) is 1. The fourth-order valence-corrected chi connectivity index (χ4v) is 2.70. The van der Waals surface area contributed by atoms with Crippen LogP contribution in [0.15, 0.2) is 42.5 Å². The lowest BCUT2D eigenvalue weighted by Gasteiger charge is -2.09. The number of carbonyl (C=O) groups excluding carboxylic acids is 1. The maximum absolute atomic E-state index is 12.8. The third-order valence-corrected chi connectivity index (χ3v) is 4.24. The first-order valence-electron chi connectivity index (χ1n) is 9.47. The number of rotatable bonds is 4. The van der Waals surface area contributed by atoms with Gasteiger partial charge >= 0.3 is 6.18 Å². The maximum Gasteiger partial charge on any atom is 0.435 e. The Balaban J connectivity index is 0.00000155. The van der Waals surface area contributed by atoms with Crippen molar-refractivity contribution in [2.24, 2.45) is 7.05 Å². The molecule has 9 heteroatoms. The van der Waals surface area contributed by atoms with Crippen LogP contribution in [0.1, 0.15) is 42.4 Å². The van der Waals surface area contributed by atoms with Crippen LogP contribution in [-0.4, -0.2) is 20.7 Å². The van der Waals surface area contributed by atoms with Crippen molar-refractivity contribution in [1.82, 2.24) is 14.8 Å². The lowest BCUT2D eigenvalue weighted by molar-refractivity contribution is -0.141. The number of anilines is 2. The summed E-state index contributed by atoms with van der Waals surface area (Å²) in [7, 11) is 1.39. The number of halogens is 3. The van der Waals surface area contributed by atoms with E-state index >= 15 is 0 Å². The number of aromatic nitrogens is 3. The summed E-state index contributed by atoms with van der Waals surface area (Å²) in [4.78, 5) is 16.4. The van der Waals surface area contributed by atoms with Crippen molar-refractivity contribution in [3.05, 3.63) is 59.3 Å². The van der Waals surface area contributed by atoms with Gasteiger partial charge in [-0.3, -0.25) is 9.48 Å². The van der Waals surface area contributed by atoms with E-state index < -0.39 is 11.9 Å². The minimum Gasteiger partial charge on any atom is -0.383 e. The van der Waals surface area contributed by atoms with Crippen LogP contribution in [-0.2, 0) is 19.6 Å². The zero-order valence-corrected chi connectivity index (χ0v) is 17.2. The number of hydrogen-bond acceptors (Lipinski definition) is 4. The van der Waals surface area contributed by atoms with Crippen LogP contribution in [0.5, 0.6) is 0 Å². The molecular weight excluding hydrogens is 395 g/mol. The number of carbonyl (C=O) groups is 1. The third kappa shape index (κ3) is 5.16. The molecule has 0 bridgehead atoms. The quantitative estimate of drug-likeness (QED) is 0.628. The Hall–Kier alpha value is -3.36. The first-order chi connectivity index (χ1) is 14.2. The molecule has 0 fully saturated rings. The van der Waals surface area contributed by atoms with Gasteiger partial charge in [0.1, 0.15) is 11.6 Å². The molecule has 0 aliphatic carbocycles. The summed E-state index contributed by atoms with van der Waals surface area (Å²) in [5.41, 5.74) is 6.92. The molecule has 3 aromatic rings. The molecule has 0 spiro atoms. The fraction of sp³-hybridized carbons (Fsp3) is 0.286. The van der Waals surface area contributed by atoms with E-state index in [1.807, 2.05) is 32.9 Å². The molecule has 2 aromatic heterocycles. The predicted molar refractivity (Wildman–Crippen MR) is 111 cm³/mol. The van der Waals surface area contributed by atoms with Gasteiger partial charge in [0.15, 0.2) is 5.69 Å². The second-order valence-corrected chi connectivity index (χ2v) is 6.17. The van der Waals surface area contributed by atoms with Crippen molar-refractivity contribution in [3.63, 3.8) is 0 Å². The standard InChI is InChI=1S/C19H18F3N5O.C2H6/c1-3-11-4-6-12(7-5-11)18(28)25-16-9-8-13(17(23)24-16)14-10-15(19(20,21)22)26-27(14)2;1-2/h4-10H,3H2,1-2H3,(H3,23,24,25,28);1-2H3. The van der Waals surface area contributed by atoms with Gasteiger partial charge in [-0.05, 0) is 42.3 Å². The molecule has 0 radical (unpaired) electrons. The summed E-state index contributed by atoms with van der Waals surface area (Å²) >= 11 is 0. The average molecular weight is 419 g/mol. The van der Waals surface area contributed by atoms with Gasteiger partial charge in [0, 0.05) is 18.2 Å². The van der Waals surface area contributed by atoms with Gasteiger partial charge in [-0.15, -0.1) is 0 Å². The molecular formula is C21H24F3N5O. The van der Waals surface area contributed by atoms with Crippen LogP contribution in [0.2, 0.25) is 0 Å². The van der Waals surface area contributed by atoms with E-state index in [1.165, 1.54) is 19.2 Å². The number of nitrogens with one attached hydrogen (secondary N) is 1. The van der Waals surface area contributed by atoms with Gasteiger partial charge < -0.3 is 11.1 Å². The molecule has 0 aliphatic heterocycles. The Morgan fingerprint density at radius 1 is 1.13 bits per heavy atom. The van der Waals surface area contributed by atoms with Crippen molar-refractivity contribution in [2.75, 3.05) is 11.1 Å². The fourth-order valence-electron chi connectivity index (χ4n) is 2.70. The van der Waals surface area contributed by atoms with Crippen LogP contribution in [0.3, 0.4) is 0 Å². The van der Waals surface area contributed by atoms with Gasteiger partial charge in [0.2, 0.25) is 0 Å². The van der Waals surface area contributed by atoms with Crippen molar-refractivity contribution in [2.45, 2.75) is 33.4 Å². The zero-order valence-electron chi connectivity index (χ0n) is 17.2. The first-order valence-corrected chi connectivity index (χ1v) is 9.47. The number of benzene rings is 1. The van der Waals surface area contributed by atoms with Crippen LogP contribution < -0.4 is 11.1 Å². The van der Waals surface area contributed by atoms with Crippen LogP contribution >= 0.6 is 0 Å². The Labute approximate surface area is 172 Å². The van der Waals surface area contributed by atoms with Crippen LogP contribution in [0.25, 0.3) is 11.3 Å². The molecule has 0 aliphatic rings. The van der Waals surface area contributed by atoms with Crippen molar-refractivity contribution in [3.8, 4) is 11.3 Å². The number of nitrogens with zero attached hydrogens (tertiary/aromatic N) is 3. The van der Waals surface area contributed by atoms with Crippen molar-refractivity contribution >= 4 is 17.5 Å². The van der Waals surface area contributed by atoms with Gasteiger partial charge in [0.25, 0.3) is 5.91 Å². The molecule has 3 N–H and O–H groups in total. The molecule has 0 unspecified atom stereocenters. The summed E-state index contributed by atoms with van der Waals surface area (Å²) in [5.74, 6) is -0.179. The number of pyridine rings is 1. The van der Waals surface area contributed by atoms with Crippen LogP contribution in [0.4, 0.5) is 24.8 Å². The molecule has 2 heterocycles.